The van der Waals surface area contributed by atoms with Crippen LogP contribution >= 0.6 is 11.6 Å². The SMILES string of the molecule is CCC(C)C(C)Nc1ccnc(Cl)n1. The third-order valence-electron chi connectivity index (χ3n) is 2.50. The lowest BCUT2D eigenvalue weighted by molar-refractivity contribution is 0.493. The van der Waals surface area contributed by atoms with Crippen molar-refractivity contribution in [2.24, 2.45) is 5.92 Å². The van der Waals surface area contributed by atoms with Crippen LogP contribution in [0, 0.1) is 5.92 Å². The maximum Gasteiger partial charge on any atom is 0.224 e. The Morgan fingerprint density at radius 2 is 2.21 bits per heavy atom. The number of nitrogens with zero attached hydrogens (tertiary/aromatic N) is 2. The molecule has 0 spiro atoms. The van der Waals surface area contributed by atoms with Crippen LogP contribution in [0.2, 0.25) is 5.28 Å². The van der Waals surface area contributed by atoms with Crippen LogP contribution < -0.4 is 5.32 Å². The first-order chi connectivity index (χ1) is 6.63. The quantitative estimate of drug-likeness (QED) is 0.782. The van der Waals surface area contributed by atoms with E-state index in [2.05, 4.69) is 36.1 Å². The molecule has 0 bridgehead atoms. The number of hydrogen-bond acceptors (Lipinski definition) is 3. The van der Waals surface area contributed by atoms with Gasteiger partial charge in [0.25, 0.3) is 0 Å². The third kappa shape index (κ3) is 3.14. The lowest BCUT2D eigenvalue weighted by atomic mass is 10.0. The third-order valence-corrected chi connectivity index (χ3v) is 2.68. The van der Waals surface area contributed by atoms with E-state index in [1.165, 1.54) is 0 Å². The van der Waals surface area contributed by atoms with E-state index in [9.17, 15) is 0 Å². The van der Waals surface area contributed by atoms with E-state index in [1.54, 1.807) is 6.20 Å². The molecule has 1 aromatic rings. The van der Waals surface area contributed by atoms with Gasteiger partial charge in [-0.2, -0.15) is 0 Å². The number of hydrogen-bond donors (Lipinski definition) is 1. The predicted octanol–water partition coefficient (Wildman–Crippen LogP) is 2.98. The molecule has 0 aromatic carbocycles. The molecule has 14 heavy (non-hydrogen) atoms. The zero-order valence-electron chi connectivity index (χ0n) is 8.79. The average Bonchev–Trinajstić information content (AvgIpc) is 2.16. The van der Waals surface area contributed by atoms with E-state index < -0.39 is 0 Å². The van der Waals surface area contributed by atoms with Crippen molar-refractivity contribution >= 4 is 17.4 Å². The van der Waals surface area contributed by atoms with Gasteiger partial charge in [0, 0.05) is 12.2 Å². The van der Waals surface area contributed by atoms with Crippen molar-refractivity contribution in [2.45, 2.75) is 33.2 Å². The first-order valence-corrected chi connectivity index (χ1v) is 5.26. The average molecular weight is 214 g/mol. The minimum Gasteiger partial charge on any atom is -0.367 e. The van der Waals surface area contributed by atoms with Crippen molar-refractivity contribution in [1.82, 2.24) is 9.97 Å². The molecule has 2 atom stereocenters. The molecule has 0 aliphatic rings. The molecule has 78 valence electrons. The molecule has 0 radical (unpaired) electrons. The normalized spacial score (nSPS) is 14.9. The largest absolute Gasteiger partial charge is 0.367 e. The fourth-order valence-electron chi connectivity index (χ4n) is 1.14. The summed E-state index contributed by atoms with van der Waals surface area (Å²) in [5, 5.41) is 3.58. The summed E-state index contributed by atoms with van der Waals surface area (Å²) in [6, 6.07) is 2.22. The molecule has 0 aliphatic heterocycles. The second-order valence-corrected chi connectivity index (χ2v) is 3.87. The van der Waals surface area contributed by atoms with E-state index in [-0.39, 0.29) is 5.28 Å². The highest BCUT2D eigenvalue weighted by molar-refractivity contribution is 6.28. The second-order valence-electron chi connectivity index (χ2n) is 3.53. The monoisotopic (exact) mass is 213 g/mol. The summed E-state index contributed by atoms with van der Waals surface area (Å²) in [5.74, 6) is 1.40. The van der Waals surface area contributed by atoms with Gasteiger partial charge in [-0.25, -0.2) is 9.97 Å². The fourth-order valence-corrected chi connectivity index (χ4v) is 1.29. The standard InChI is InChI=1S/C10H16ClN3/c1-4-7(2)8(3)13-9-5-6-12-10(11)14-9/h5-8H,4H2,1-3H3,(H,12,13,14). The number of nitrogens with one attached hydrogen (secondary N) is 1. The van der Waals surface area contributed by atoms with E-state index in [0.717, 1.165) is 12.2 Å². The highest BCUT2D eigenvalue weighted by Crippen LogP contribution is 2.13. The lowest BCUT2D eigenvalue weighted by Crippen LogP contribution is -2.23. The van der Waals surface area contributed by atoms with Crippen molar-refractivity contribution in [3.8, 4) is 0 Å². The number of anilines is 1. The van der Waals surface area contributed by atoms with Gasteiger partial charge in [0.1, 0.15) is 5.82 Å². The first kappa shape index (κ1) is 11.2. The van der Waals surface area contributed by atoms with Gasteiger partial charge >= 0.3 is 0 Å². The predicted molar refractivity (Wildman–Crippen MR) is 59.6 cm³/mol. The van der Waals surface area contributed by atoms with Gasteiger partial charge in [-0.05, 0) is 30.5 Å². The maximum absolute atomic E-state index is 5.68. The topological polar surface area (TPSA) is 37.8 Å². The minimum absolute atomic E-state index is 0.284. The Morgan fingerprint density at radius 1 is 1.50 bits per heavy atom. The Bertz CT molecular complexity index is 290. The van der Waals surface area contributed by atoms with E-state index >= 15 is 0 Å². The van der Waals surface area contributed by atoms with Gasteiger partial charge in [0.2, 0.25) is 5.28 Å². The van der Waals surface area contributed by atoms with Gasteiger partial charge in [0.15, 0.2) is 0 Å². The molecule has 1 rings (SSSR count). The number of aromatic nitrogens is 2. The molecule has 0 amide bonds. The van der Waals surface area contributed by atoms with Crippen molar-refractivity contribution in [1.29, 1.82) is 0 Å². The molecule has 1 heterocycles. The fraction of sp³-hybridized carbons (Fsp3) is 0.600. The summed E-state index contributed by atoms with van der Waals surface area (Å²) in [4.78, 5) is 7.90. The summed E-state index contributed by atoms with van der Waals surface area (Å²) >= 11 is 5.68. The van der Waals surface area contributed by atoms with E-state index in [4.69, 9.17) is 11.6 Å². The van der Waals surface area contributed by atoms with E-state index in [1.807, 2.05) is 6.07 Å². The lowest BCUT2D eigenvalue weighted by Gasteiger charge is -2.20. The second kappa shape index (κ2) is 5.15. The van der Waals surface area contributed by atoms with Crippen LogP contribution in [0.1, 0.15) is 27.2 Å². The Balaban J connectivity index is 2.60. The summed E-state index contributed by atoms with van der Waals surface area (Å²) in [6.45, 7) is 6.53. The molecular weight excluding hydrogens is 198 g/mol. The Kier molecular flexibility index (Phi) is 4.14. The molecule has 0 aliphatic carbocycles. The van der Waals surface area contributed by atoms with Gasteiger partial charge in [-0.15, -0.1) is 0 Å². The Labute approximate surface area is 89.9 Å². The molecule has 0 saturated heterocycles. The van der Waals surface area contributed by atoms with Crippen LogP contribution in [0.3, 0.4) is 0 Å². The van der Waals surface area contributed by atoms with Crippen LogP contribution in [-0.4, -0.2) is 16.0 Å². The van der Waals surface area contributed by atoms with Gasteiger partial charge in [-0.1, -0.05) is 20.3 Å². The van der Waals surface area contributed by atoms with E-state index in [0.29, 0.717) is 12.0 Å². The van der Waals surface area contributed by atoms with Gasteiger partial charge in [-0.3, -0.25) is 0 Å². The molecule has 3 nitrogen and oxygen atoms in total. The Morgan fingerprint density at radius 3 is 2.79 bits per heavy atom. The van der Waals surface area contributed by atoms with Gasteiger partial charge in [0.05, 0.1) is 0 Å². The van der Waals surface area contributed by atoms with Crippen LogP contribution in [0.15, 0.2) is 12.3 Å². The molecule has 0 fully saturated rings. The van der Waals surface area contributed by atoms with Crippen molar-refractivity contribution < 1.29 is 0 Å². The summed E-state index contributed by atoms with van der Waals surface area (Å²) in [5.41, 5.74) is 0. The van der Waals surface area contributed by atoms with Crippen LogP contribution in [0.5, 0.6) is 0 Å². The van der Waals surface area contributed by atoms with Crippen LogP contribution in [0.25, 0.3) is 0 Å². The highest BCUT2D eigenvalue weighted by Gasteiger charge is 2.10. The molecule has 0 saturated carbocycles. The molecular formula is C10H16ClN3. The van der Waals surface area contributed by atoms with Crippen molar-refractivity contribution in [3.63, 3.8) is 0 Å². The molecule has 4 heteroatoms. The molecule has 2 unspecified atom stereocenters. The summed E-state index contributed by atoms with van der Waals surface area (Å²) in [6.07, 6.45) is 2.80. The van der Waals surface area contributed by atoms with Crippen molar-refractivity contribution in [3.05, 3.63) is 17.5 Å². The first-order valence-electron chi connectivity index (χ1n) is 4.88. The zero-order valence-corrected chi connectivity index (χ0v) is 9.54. The van der Waals surface area contributed by atoms with Crippen molar-refractivity contribution in [2.75, 3.05) is 5.32 Å². The summed E-state index contributed by atoms with van der Waals surface area (Å²) < 4.78 is 0. The maximum atomic E-state index is 5.68. The van der Waals surface area contributed by atoms with Crippen LogP contribution in [-0.2, 0) is 0 Å². The number of rotatable bonds is 4. The Hall–Kier alpha value is -0.830. The zero-order chi connectivity index (χ0) is 10.6. The molecule has 1 N–H and O–H groups in total. The smallest absolute Gasteiger partial charge is 0.224 e. The van der Waals surface area contributed by atoms with Crippen LogP contribution in [0.4, 0.5) is 5.82 Å². The number of halogens is 1. The summed E-state index contributed by atoms with van der Waals surface area (Å²) in [7, 11) is 0. The minimum atomic E-state index is 0.284. The van der Waals surface area contributed by atoms with Gasteiger partial charge < -0.3 is 5.32 Å². The molecule has 1 aromatic heterocycles. The highest BCUT2D eigenvalue weighted by atomic mass is 35.5.